The molecule has 0 bridgehead atoms. The molecule has 2 aromatic carbocycles. The maximum atomic E-state index is 14.5. The molecule has 0 aliphatic carbocycles. The van der Waals surface area contributed by atoms with E-state index < -0.39 is 39.3 Å². The van der Waals surface area contributed by atoms with Gasteiger partial charge in [0.25, 0.3) is 5.91 Å². The normalized spacial score (nSPS) is 12.5. The van der Waals surface area contributed by atoms with Gasteiger partial charge in [-0.1, -0.05) is 25.1 Å². The molecule has 0 heterocycles. The molecule has 0 saturated heterocycles. The van der Waals surface area contributed by atoms with Crippen LogP contribution in [0, 0.1) is 5.82 Å². The molecule has 0 spiro atoms. The third-order valence-corrected chi connectivity index (χ3v) is 6.14. The molecule has 168 valence electrons. The standard InChI is InChI=1S/C22H28FN3O4S/c1-5-13-26(16(4)21(27)24-17-9-7-6-8-10-17)22(28)19-14-18(11-12-20(19)23)31(29,30)25-15(2)3/h6-12,14-16,25H,5,13H2,1-4H3,(H,24,27). The van der Waals surface area contributed by atoms with Crippen molar-refractivity contribution in [1.82, 2.24) is 9.62 Å². The minimum Gasteiger partial charge on any atom is -0.327 e. The van der Waals surface area contributed by atoms with Crippen molar-refractivity contribution >= 4 is 27.5 Å². The van der Waals surface area contributed by atoms with Crippen molar-refractivity contribution in [2.24, 2.45) is 0 Å². The summed E-state index contributed by atoms with van der Waals surface area (Å²) >= 11 is 0. The van der Waals surface area contributed by atoms with Crippen LogP contribution >= 0.6 is 0 Å². The van der Waals surface area contributed by atoms with Crippen LogP contribution < -0.4 is 10.0 Å². The highest BCUT2D eigenvalue weighted by atomic mass is 32.2. The number of carbonyl (C=O) groups excluding carboxylic acids is 2. The van der Waals surface area contributed by atoms with Crippen LogP contribution in [0.15, 0.2) is 53.4 Å². The molecular formula is C22H28FN3O4S. The molecule has 1 atom stereocenters. The first-order valence-corrected chi connectivity index (χ1v) is 11.5. The van der Waals surface area contributed by atoms with Crippen molar-refractivity contribution in [1.29, 1.82) is 0 Å². The third-order valence-electron chi connectivity index (χ3n) is 4.48. The monoisotopic (exact) mass is 449 g/mol. The number of para-hydroxylation sites is 1. The van der Waals surface area contributed by atoms with Gasteiger partial charge in [0.15, 0.2) is 0 Å². The predicted octanol–water partition coefficient (Wildman–Crippen LogP) is 3.39. The lowest BCUT2D eigenvalue weighted by Crippen LogP contribution is -2.46. The summed E-state index contributed by atoms with van der Waals surface area (Å²) in [5.41, 5.74) is 0.168. The van der Waals surface area contributed by atoms with Crippen LogP contribution in [-0.2, 0) is 14.8 Å². The summed E-state index contributed by atoms with van der Waals surface area (Å²) < 4.78 is 41.8. The van der Waals surface area contributed by atoms with E-state index in [0.29, 0.717) is 12.1 Å². The summed E-state index contributed by atoms with van der Waals surface area (Å²) in [6.07, 6.45) is 0.531. The molecule has 0 fully saturated rings. The Morgan fingerprint density at radius 2 is 1.71 bits per heavy atom. The number of halogens is 1. The van der Waals surface area contributed by atoms with Crippen molar-refractivity contribution in [3.8, 4) is 0 Å². The molecule has 0 aromatic heterocycles. The van der Waals surface area contributed by atoms with Gasteiger partial charge in [0.2, 0.25) is 15.9 Å². The second-order valence-corrected chi connectivity index (χ2v) is 9.16. The molecule has 0 saturated carbocycles. The molecule has 0 radical (unpaired) electrons. The number of nitrogens with one attached hydrogen (secondary N) is 2. The number of hydrogen-bond acceptors (Lipinski definition) is 4. The van der Waals surface area contributed by atoms with Crippen LogP contribution in [0.3, 0.4) is 0 Å². The van der Waals surface area contributed by atoms with Gasteiger partial charge in [0.1, 0.15) is 11.9 Å². The summed E-state index contributed by atoms with van der Waals surface area (Å²) in [6.45, 7) is 6.88. The fourth-order valence-electron chi connectivity index (χ4n) is 2.99. The van der Waals surface area contributed by atoms with E-state index in [1.54, 1.807) is 45.0 Å². The molecule has 2 aromatic rings. The molecular weight excluding hydrogens is 421 g/mol. The average molecular weight is 450 g/mol. The van der Waals surface area contributed by atoms with Crippen molar-refractivity contribution in [3.05, 3.63) is 59.9 Å². The molecule has 1 unspecified atom stereocenters. The zero-order valence-electron chi connectivity index (χ0n) is 18.1. The topological polar surface area (TPSA) is 95.6 Å². The van der Waals surface area contributed by atoms with Gasteiger partial charge >= 0.3 is 0 Å². The van der Waals surface area contributed by atoms with Gasteiger partial charge in [-0.25, -0.2) is 17.5 Å². The van der Waals surface area contributed by atoms with Gasteiger partial charge in [-0.2, -0.15) is 0 Å². The van der Waals surface area contributed by atoms with E-state index >= 15 is 0 Å². The maximum Gasteiger partial charge on any atom is 0.257 e. The fraction of sp³-hybridized carbons (Fsp3) is 0.364. The zero-order chi connectivity index (χ0) is 23.2. The Balaban J connectivity index is 2.34. The maximum absolute atomic E-state index is 14.5. The van der Waals surface area contributed by atoms with E-state index in [-0.39, 0.29) is 17.5 Å². The number of carbonyl (C=O) groups is 2. The van der Waals surface area contributed by atoms with E-state index in [9.17, 15) is 22.4 Å². The number of rotatable bonds is 9. The van der Waals surface area contributed by atoms with Crippen molar-refractivity contribution in [2.45, 2.75) is 51.1 Å². The van der Waals surface area contributed by atoms with Crippen molar-refractivity contribution < 1.29 is 22.4 Å². The fourth-order valence-corrected chi connectivity index (χ4v) is 4.27. The summed E-state index contributed by atoms with van der Waals surface area (Å²) in [4.78, 5) is 26.9. The highest BCUT2D eigenvalue weighted by molar-refractivity contribution is 7.89. The van der Waals surface area contributed by atoms with Crippen molar-refractivity contribution in [3.63, 3.8) is 0 Å². The summed E-state index contributed by atoms with van der Waals surface area (Å²) in [5, 5.41) is 2.73. The van der Waals surface area contributed by atoms with Gasteiger partial charge in [0.05, 0.1) is 10.5 Å². The molecule has 2 rings (SSSR count). The quantitative estimate of drug-likeness (QED) is 0.613. The van der Waals surface area contributed by atoms with Gasteiger partial charge in [-0.15, -0.1) is 0 Å². The van der Waals surface area contributed by atoms with Crippen LogP contribution in [0.25, 0.3) is 0 Å². The second kappa shape index (κ2) is 10.5. The Morgan fingerprint density at radius 3 is 2.29 bits per heavy atom. The van der Waals surface area contributed by atoms with E-state index in [2.05, 4.69) is 10.0 Å². The third kappa shape index (κ3) is 6.35. The van der Waals surface area contributed by atoms with Gasteiger partial charge in [-0.3, -0.25) is 9.59 Å². The number of nitrogens with zero attached hydrogens (tertiary/aromatic N) is 1. The molecule has 0 aliphatic heterocycles. The lowest BCUT2D eigenvalue weighted by atomic mass is 10.1. The SMILES string of the molecule is CCCN(C(=O)c1cc(S(=O)(=O)NC(C)C)ccc1F)C(C)C(=O)Nc1ccccc1. The van der Waals surface area contributed by atoms with Crippen LogP contribution in [0.4, 0.5) is 10.1 Å². The number of amides is 2. The number of anilines is 1. The van der Waals surface area contributed by atoms with E-state index in [1.807, 2.05) is 13.0 Å². The highest BCUT2D eigenvalue weighted by Crippen LogP contribution is 2.19. The molecule has 0 aliphatic rings. The first-order chi connectivity index (χ1) is 14.6. The Bertz CT molecular complexity index is 1030. The largest absolute Gasteiger partial charge is 0.327 e. The minimum absolute atomic E-state index is 0.197. The number of sulfonamides is 1. The van der Waals surface area contributed by atoms with E-state index in [1.165, 1.54) is 4.90 Å². The van der Waals surface area contributed by atoms with Gasteiger partial charge in [-0.05, 0) is 57.5 Å². The summed E-state index contributed by atoms with van der Waals surface area (Å²) in [5.74, 6) is -2.04. The second-order valence-electron chi connectivity index (χ2n) is 7.45. The summed E-state index contributed by atoms with van der Waals surface area (Å²) in [6, 6.07) is 10.6. The molecule has 9 heteroatoms. The Hall–Kier alpha value is -2.78. The zero-order valence-corrected chi connectivity index (χ0v) is 18.9. The van der Waals surface area contributed by atoms with Crippen LogP contribution in [0.1, 0.15) is 44.5 Å². The van der Waals surface area contributed by atoms with Crippen molar-refractivity contribution in [2.75, 3.05) is 11.9 Å². The smallest absolute Gasteiger partial charge is 0.257 e. The van der Waals surface area contributed by atoms with Gasteiger partial charge in [0, 0.05) is 18.3 Å². The molecule has 7 nitrogen and oxygen atoms in total. The molecule has 31 heavy (non-hydrogen) atoms. The lowest BCUT2D eigenvalue weighted by molar-refractivity contribution is -0.120. The molecule has 2 N–H and O–H groups in total. The van der Waals surface area contributed by atoms with Gasteiger partial charge < -0.3 is 10.2 Å². The molecule has 2 amide bonds. The Labute approximate surface area is 182 Å². The Kier molecular flexibility index (Phi) is 8.29. The van der Waals surface area contributed by atoms with E-state index in [4.69, 9.17) is 0 Å². The van der Waals surface area contributed by atoms with Crippen LogP contribution in [0.5, 0.6) is 0 Å². The first kappa shape index (κ1) is 24.5. The lowest BCUT2D eigenvalue weighted by Gasteiger charge is -2.28. The first-order valence-electron chi connectivity index (χ1n) is 10.1. The van der Waals surface area contributed by atoms with Crippen LogP contribution in [-0.4, -0.2) is 43.8 Å². The minimum atomic E-state index is -3.91. The average Bonchev–Trinajstić information content (AvgIpc) is 2.71. The Morgan fingerprint density at radius 1 is 1.06 bits per heavy atom. The highest BCUT2D eigenvalue weighted by Gasteiger charge is 2.29. The number of benzene rings is 2. The van der Waals surface area contributed by atoms with Crippen LogP contribution in [0.2, 0.25) is 0 Å². The number of hydrogen-bond donors (Lipinski definition) is 2. The summed E-state index contributed by atoms with van der Waals surface area (Å²) in [7, 11) is -3.91. The predicted molar refractivity (Wildman–Crippen MR) is 118 cm³/mol. The van der Waals surface area contributed by atoms with E-state index in [0.717, 1.165) is 18.2 Å².